The van der Waals surface area contributed by atoms with Gasteiger partial charge in [-0.25, -0.2) is 14.8 Å². The van der Waals surface area contributed by atoms with E-state index in [0.29, 0.717) is 17.1 Å². The first kappa shape index (κ1) is 26.8. The van der Waals surface area contributed by atoms with E-state index in [1.54, 1.807) is 30.6 Å². The number of carboxylic acids is 3. The molecule has 0 aliphatic rings. The largest absolute Gasteiger partial charge is 2.00 e. The van der Waals surface area contributed by atoms with Crippen LogP contribution in [0.1, 0.15) is 21.7 Å². The summed E-state index contributed by atoms with van der Waals surface area (Å²) in [6.07, 6.45) is 10.7. The van der Waals surface area contributed by atoms with Crippen molar-refractivity contribution in [2.75, 3.05) is 5.73 Å². The summed E-state index contributed by atoms with van der Waals surface area (Å²) < 4.78 is 0. The van der Waals surface area contributed by atoms with E-state index in [4.69, 9.17) is 10.8 Å². The molecule has 1 aromatic carbocycles. The van der Waals surface area contributed by atoms with E-state index in [1.165, 1.54) is 30.9 Å². The first-order chi connectivity index (χ1) is 14.3. The smallest absolute Gasteiger partial charge is 0.545 e. The summed E-state index contributed by atoms with van der Waals surface area (Å²) in [5.74, 6) is -3.43. The average Bonchev–Trinajstić information content (AvgIpc) is 3.40. The molecule has 0 bridgehead atoms. The molecular weight excluding hydrogens is 473 g/mol. The molecule has 2 aromatic heterocycles. The zero-order chi connectivity index (χ0) is 22.4. The number of imidazole rings is 2. The summed E-state index contributed by atoms with van der Waals surface area (Å²) in [6, 6.07) is 6.36. The zero-order valence-corrected chi connectivity index (χ0v) is 17.5. The van der Waals surface area contributed by atoms with E-state index in [0.717, 1.165) is 12.2 Å². The second kappa shape index (κ2) is 14.8. The number of aromatic nitrogens is 4. The predicted molar refractivity (Wildman–Crippen MR) is 109 cm³/mol. The molecule has 5 N–H and O–H groups in total. The fraction of sp³-hybridized carbons (Fsp3) is 0. The summed E-state index contributed by atoms with van der Waals surface area (Å²) in [5.41, 5.74) is 6.94. The molecule has 0 fully saturated rings. The Labute approximate surface area is 186 Å². The van der Waals surface area contributed by atoms with E-state index in [9.17, 15) is 24.6 Å². The van der Waals surface area contributed by atoms with Crippen LogP contribution in [0.4, 0.5) is 5.69 Å². The number of carboxylic acid groups (broad SMARTS) is 3. The molecule has 0 saturated carbocycles. The van der Waals surface area contributed by atoms with Gasteiger partial charge in [-0.15, -0.1) is 0 Å². The average molecular weight is 490 g/mol. The van der Waals surface area contributed by atoms with Crippen LogP contribution in [0.3, 0.4) is 0 Å². The summed E-state index contributed by atoms with van der Waals surface area (Å²) >= 11 is 0. The minimum absolute atomic E-state index is 0. The number of carbonyl (C=O) groups is 3. The maximum absolute atomic E-state index is 10.3. The predicted octanol–water partition coefficient (Wildman–Crippen LogP) is -1.07. The van der Waals surface area contributed by atoms with E-state index >= 15 is 0 Å². The number of rotatable bonds is 5. The van der Waals surface area contributed by atoms with Gasteiger partial charge in [-0.3, -0.25) is 0 Å². The van der Waals surface area contributed by atoms with Crippen LogP contribution in [0.2, 0.25) is 0 Å². The first-order valence-electron chi connectivity index (χ1n) is 8.13. The van der Waals surface area contributed by atoms with Crippen molar-refractivity contribution in [1.82, 2.24) is 19.9 Å². The molecule has 0 saturated heterocycles. The molecule has 0 amide bonds. The monoisotopic (exact) mass is 491 g/mol. The molecule has 3 aromatic rings. The van der Waals surface area contributed by atoms with Gasteiger partial charge in [-0.05, 0) is 36.4 Å². The van der Waals surface area contributed by atoms with E-state index in [1.807, 2.05) is 0 Å². The number of hydrogen-bond donors (Lipinski definition) is 4. The molecule has 0 spiro atoms. The molecule has 11 nitrogen and oxygen atoms in total. The third-order valence-electron chi connectivity index (χ3n) is 3.01. The number of nitrogens with zero attached hydrogens (tertiary/aromatic N) is 2. The Morgan fingerprint density at radius 1 is 0.903 bits per heavy atom. The van der Waals surface area contributed by atoms with Crippen LogP contribution in [0.15, 0.2) is 61.5 Å². The van der Waals surface area contributed by atoms with Gasteiger partial charge in [-0.2, -0.15) is 0 Å². The number of H-pyrrole nitrogens is 2. The van der Waals surface area contributed by atoms with Crippen molar-refractivity contribution in [3.63, 3.8) is 0 Å². The molecule has 2 heterocycles. The number of hydrogen-bond acceptors (Lipinski definition) is 8. The Morgan fingerprint density at radius 3 is 1.65 bits per heavy atom. The van der Waals surface area contributed by atoms with Crippen LogP contribution in [-0.4, -0.2) is 60.0 Å². The van der Waals surface area contributed by atoms with Crippen LogP contribution < -0.4 is 15.9 Å². The molecule has 0 atom stereocenters. The molecule has 160 valence electrons. The Kier molecular flexibility index (Phi) is 12.8. The number of aliphatic carboxylic acids is 2. The summed E-state index contributed by atoms with van der Waals surface area (Å²) in [4.78, 5) is 42.9. The minimum Gasteiger partial charge on any atom is -0.545 e. The Hall–Kier alpha value is -4.15. The number of aromatic amines is 2. The van der Waals surface area contributed by atoms with Gasteiger partial charge in [0.2, 0.25) is 0 Å². The topological polar surface area (TPSA) is 201 Å². The quantitative estimate of drug-likeness (QED) is 0.195. The van der Waals surface area contributed by atoms with Crippen LogP contribution in [0, 0.1) is 0 Å². The summed E-state index contributed by atoms with van der Waals surface area (Å²) in [7, 11) is 0. The third kappa shape index (κ3) is 12.1. The number of para-hydroxylation sites is 1. The number of aromatic carboxylic acids is 1. The summed E-state index contributed by atoms with van der Waals surface area (Å²) in [6.45, 7) is 0. The number of nitrogens with two attached hydrogens (primary N) is 1. The number of nitrogen functional groups attached to an aromatic ring is 1. The van der Waals surface area contributed by atoms with Crippen molar-refractivity contribution in [3.05, 3.63) is 78.4 Å². The number of anilines is 1. The van der Waals surface area contributed by atoms with Crippen molar-refractivity contribution < 1.29 is 29.7 Å². The van der Waals surface area contributed by atoms with Gasteiger partial charge in [0, 0.05) is 18.1 Å². The molecule has 0 unspecified atom stereocenters. The second-order valence-electron chi connectivity index (χ2n) is 5.19. The fourth-order valence-corrected chi connectivity index (χ4v) is 1.72. The van der Waals surface area contributed by atoms with Crippen LogP contribution in [0.25, 0.3) is 12.2 Å². The van der Waals surface area contributed by atoms with E-state index < -0.39 is 17.9 Å². The zero-order valence-electron chi connectivity index (χ0n) is 15.8. The minimum atomic E-state index is -1.22. The van der Waals surface area contributed by atoms with E-state index in [2.05, 4.69) is 19.9 Å². The van der Waals surface area contributed by atoms with Gasteiger partial charge in [0.05, 0.1) is 41.5 Å². The molecule has 0 aliphatic carbocycles. The van der Waals surface area contributed by atoms with Crippen LogP contribution >= 0.6 is 0 Å². The maximum Gasteiger partial charge on any atom is 2.00 e. The van der Waals surface area contributed by atoms with E-state index in [-0.39, 0.29) is 22.6 Å². The standard InChI is InChI=1S/C7H7NO2.2C6H6N2O2.Se/c8-6-4-2-1-3-5(6)7(9)10;2*9-6(10)2-1-5-3-7-4-8-5;/h1-4H,8H2,(H,9,10);2*1-4H,(H,7,8)(H,9,10);/q;;;+2/p-2. The normalized spacial score (nSPS) is 9.68. The van der Waals surface area contributed by atoms with Gasteiger partial charge >= 0.3 is 23.0 Å². The molecule has 12 heteroatoms. The van der Waals surface area contributed by atoms with Crippen LogP contribution in [-0.2, 0) is 9.59 Å². The van der Waals surface area contributed by atoms with Gasteiger partial charge in [0.15, 0.2) is 0 Å². The fourth-order valence-electron chi connectivity index (χ4n) is 1.72. The Balaban J connectivity index is 0.000000429. The first-order valence-corrected chi connectivity index (χ1v) is 8.13. The maximum atomic E-state index is 10.3. The van der Waals surface area contributed by atoms with Gasteiger partial charge in [0.25, 0.3) is 0 Å². The summed E-state index contributed by atoms with van der Waals surface area (Å²) in [5, 5.41) is 28.2. The third-order valence-corrected chi connectivity index (χ3v) is 3.01. The molecule has 31 heavy (non-hydrogen) atoms. The number of carbonyl (C=O) groups excluding carboxylic acids is 2. The molecule has 3 rings (SSSR count). The molecule has 0 aliphatic heterocycles. The van der Waals surface area contributed by atoms with Crippen LogP contribution in [0.5, 0.6) is 0 Å². The number of benzene rings is 1. The van der Waals surface area contributed by atoms with Crippen molar-refractivity contribution >= 4 is 52.8 Å². The van der Waals surface area contributed by atoms with Crippen molar-refractivity contribution in [2.45, 2.75) is 0 Å². The molecular formula is C19H17N5O6Se. The van der Waals surface area contributed by atoms with Crippen molar-refractivity contribution in [2.24, 2.45) is 0 Å². The second-order valence-corrected chi connectivity index (χ2v) is 5.19. The Bertz CT molecular complexity index is 946. The molecule has 4 radical (unpaired) electrons. The Morgan fingerprint density at radius 2 is 1.35 bits per heavy atom. The van der Waals surface area contributed by atoms with Crippen molar-refractivity contribution in [1.29, 1.82) is 0 Å². The van der Waals surface area contributed by atoms with Crippen molar-refractivity contribution in [3.8, 4) is 0 Å². The van der Waals surface area contributed by atoms with Gasteiger partial charge in [0.1, 0.15) is 0 Å². The number of nitrogens with one attached hydrogen (secondary N) is 2. The SMILES string of the molecule is Nc1ccccc1C(=O)O.O=C([O-])C=Cc1c[nH]cn1.O=C([O-])C=Cc1c[nH]cn1.[Se+2]. The van der Waals surface area contributed by atoms with Gasteiger partial charge < -0.3 is 40.6 Å². The van der Waals surface area contributed by atoms with Gasteiger partial charge in [-0.1, -0.05) is 12.1 Å².